The van der Waals surface area contributed by atoms with E-state index in [4.69, 9.17) is 4.74 Å². The number of hydrogen-bond donors (Lipinski definition) is 2. The van der Waals surface area contributed by atoms with Crippen LogP contribution in [0.4, 0.5) is 21.8 Å². The van der Waals surface area contributed by atoms with Crippen LogP contribution in [0.2, 0.25) is 0 Å². The summed E-state index contributed by atoms with van der Waals surface area (Å²) < 4.78 is 22.8. The zero-order valence-electron chi connectivity index (χ0n) is 21.3. The van der Waals surface area contributed by atoms with Gasteiger partial charge in [-0.15, -0.1) is 5.10 Å². The fraction of sp³-hybridized carbons (Fsp3) is 0.560. The third kappa shape index (κ3) is 3.68. The molecule has 1 aliphatic carbocycles. The summed E-state index contributed by atoms with van der Waals surface area (Å²) in [5, 5.41) is 18.8. The first-order valence-corrected chi connectivity index (χ1v) is 12.5. The molecule has 1 aromatic carbocycles. The number of benzene rings is 1. The first-order chi connectivity index (χ1) is 17.1. The maximum atomic E-state index is 14.7. The van der Waals surface area contributed by atoms with E-state index in [1.165, 1.54) is 6.20 Å². The second-order valence-corrected chi connectivity index (χ2v) is 11.5. The number of ether oxygens (including phenoxy) is 1. The smallest absolute Gasteiger partial charge is 0.229 e. The van der Waals surface area contributed by atoms with E-state index in [2.05, 4.69) is 75.8 Å². The number of piperidine rings is 1. The van der Waals surface area contributed by atoms with E-state index in [1.807, 2.05) is 18.2 Å². The number of nitrogens with one attached hydrogen (secondary N) is 2. The minimum absolute atomic E-state index is 0.0251. The van der Waals surface area contributed by atoms with Gasteiger partial charge in [0.1, 0.15) is 5.75 Å². The fourth-order valence-electron chi connectivity index (χ4n) is 5.87. The Balaban J connectivity index is 1.23. The number of tetrazole rings is 1. The third-order valence-electron chi connectivity index (χ3n) is 8.16. The lowest BCUT2D eigenvalue weighted by Crippen LogP contribution is -2.61. The highest BCUT2D eigenvalue weighted by Gasteiger charge is 2.48. The molecule has 11 heteroatoms. The second kappa shape index (κ2) is 7.83. The van der Waals surface area contributed by atoms with Gasteiger partial charge in [-0.05, 0) is 82.6 Å². The Bertz CT molecular complexity index is 1300. The van der Waals surface area contributed by atoms with E-state index >= 15 is 0 Å². The molecule has 2 fully saturated rings. The fourth-order valence-corrected chi connectivity index (χ4v) is 5.87. The number of likely N-dealkylation sites (tertiary alicyclic amines) is 1. The molecule has 2 aliphatic heterocycles. The SMILES string of the molecule is CN1C(C)(C)CC(Nc2nc(Nc3ccc4c(c3)-c3nnnn3C3(CCC3)O4)ncc2F)CC1(C)C. The molecule has 0 atom stereocenters. The van der Waals surface area contributed by atoms with Gasteiger partial charge in [0, 0.05) is 35.6 Å². The van der Waals surface area contributed by atoms with Crippen molar-refractivity contribution in [2.45, 2.75) is 82.6 Å². The molecule has 190 valence electrons. The largest absolute Gasteiger partial charge is 0.465 e. The molecule has 0 radical (unpaired) electrons. The molecule has 1 saturated carbocycles. The van der Waals surface area contributed by atoms with Gasteiger partial charge in [-0.25, -0.2) is 9.37 Å². The minimum Gasteiger partial charge on any atom is -0.465 e. The van der Waals surface area contributed by atoms with Crippen LogP contribution in [-0.2, 0) is 5.72 Å². The van der Waals surface area contributed by atoms with Crippen molar-refractivity contribution >= 4 is 17.5 Å². The molecule has 1 spiro atoms. The van der Waals surface area contributed by atoms with Crippen molar-refractivity contribution < 1.29 is 9.13 Å². The van der Waals surface area contributed by atoms with Gasteiger partial charge in [-0.2, -0.15) is 9.67 Å². The van der Waals surface area contributed by atoms with E-state index < -0.39 is 11.5 Å². The molecule has 2 aromatic heterocycles. The van der Waals surface area contributed by atoms with Crippen LogP contribution in [0.5, 0.6) is 5.75 Å². The summed E-state index contributed by atoms with van der Waals surface area (Å²) in [7, 11) is 2.15. The maximum Gasteiger partial charge on any atom is 0.229 e. The Kier molecular flexibility index (Phi) is 5.02. The van der Waals surface area contributed by atoms with Crippen molar-refractivity contribution in [1.82, 2.24) is 35.1 Å². The van der Waals surface area contributed by atoms with E-state index in [-0.39, 0.29) is 22.9 Å². The average Bonchev–Trinajstić information content (AvgIpc) is 3.28. The Labute approximate surface area is 209 Å². The lowest BCUT2D eigenvalue weighted by molar-refractivity contribution is -0.0947. The Morgan fingerprint density at radius 3 is 2.56 bits per heavy atom. The van der Waals surface area contributed by atoms with Crippen LogP contribution in [0.25, 0.3) is 11.4 Å². The topological polar surface area (TPSA) is 106 Å². The summed E-state index contributed by atoms with van der Waals surface area (Å²) in [5.74, 6) is 1.45. The normalized spacial score (nSPS) is 21.7. The molecule has 10 nitrogen and oxygen atoms in total. The van der Waals surface area contributed by atoms with Crippen molar-refractivity contribution in [3.63, 3.8) is 0 Å². The number of rotatable bonds is 4. The van der Waals surface area contributed by atoms with Crippen molar-refractivity contribution in [2.75, 3.05) is 17.7 Å². The molecular formula is C25H32FN9O. The average molecular weight is 494 g/mol. The summed E-state index contributed by atoms with van der Waals surface area (Å²) in [4.78, 5) is 11.0. The molecule has 6 rings (SSSR count). The summed E-state index contributed by atoms with van der Waals surface area (Å²) in [6, 6.07) is 5.79. The van der Waals surface area contributed by atoms with Gasteiger partial charge in [0.25, 0.3) is 0 Å². The number of halogens is 1. The number of aromatic nitrogens is 6. The van der Waals surface area contributed by atoms with Gasteiger partial charge >= 0.3 is 0 Å². The number of fused-ring (bicyclic) bond motifs is 4. The summed E-state index contributed by atoms with van der Waals surface area (Å²) in [5.41, 5.74) is 0.999. The molecular weight excluding hydrogens is 461 g/mol. The van der Waals surface area contributed by atoms with Gasteiger partial charge in [-0.1, -0.05) is 0 Å². The number of anilines is 3. The maximum absolute atomic E-state index is 14.7. The quantitative estimate of drug-likeness (QED) is 0.550. The highest BCUT2D eigenvalue weighted by molar-refractivity contribution is 5.72. The van der Waals surface area contributed by atoms with Crippen LogP contribution in [0.3, 0.4) is 0 Å². The third-order valence-corrected chi connectivity index (χ3v) is 8.16. The van der Waals surface area contributed by atoms with Crippen LogP contribution < -0.4 is 15.4 Å². The molecule has 4 heterocycles. The van der Waals surface area contributed by atoms with Gasteiger partial charge in [0.05, 0.1) is 11.8 Å². The van der Waals surface area contributed by atoms with E-state index in [1.54, 1.807) is 4.68 Å². The van der Waals surface area contributed by atoms with E-state index in [9.17, 15) is 4.39 Å². The highest BCUT2D eigenvalue weighted by atomic mass is 19.1. The summed E-state index contributed by atoms with van der Waals surface area (Å²) in [6.07, 6.45) is 5.80. The van der Waals surface area contributed by atoms with Crippen LogP contribution in [0.15, 0.2) is 24.4 Å². The molecule has 3 aliphatic rings. The Morgan fingerprint density at radius 2 is 1.86 bits per heavy atom. The highest BCUT2D eigenvalue weighted by Crippen LogP contribution is 2.48. The molecule has 0 amide bonds. The van der Waals surface area contributed by atoms with Gasteiger partial charge in [-0.3, -0.25) is 4.90 Å². The predicted molar refractivity (Wildman–Crippen MR) is 134 cm³/mol. The molecule has 1 saturated heterocycles. The zero-order chi connectivity index (χ0) is 25.3. The second-order valence-electron chi connectivity index (χ2n) is 11.5. The Morgan fingerprint density at radius 1 is 1.11 bits per heavy atom. The lowest BCUT2D eigenvalue weighted by atomic mass is 9.77. The molecule has 2 N–H and O–H groups in total. The van der Waals surface area contributed by atoms with Crippen LogP contribution >= 0.6 is 0 Å². The van der Waals surface area contributed by atoms with Gasteiger partial charge in [0.2, 0.25) is 11.7 Å². The monoisotopic (exact) mass is 493 g/mol. The van der Waals surface area contributed by atoms with Crippen LogP contribution in [-0.4, -0.2) is 59.2 Å². The first-order valence-electron chi connectivity index (χ1n) is 12.5. The zero-order valence-corrected chi connectivity index (χ0v) is 21.3. The molecule has 36 heavy (non-hydrogen) atoms. The molecule has 0 unspecified atom stereocenters. The van der Waals surface area contributed by atoms with Crippen LogP contribution in [0.1, 0.15) is 59.8 Å². The summed E-state index contributed by atoms with van der Waals surface area (Å²) in [6.45, 7) is 8.87. The number of hydrogen-bond acceptors (Lipinski definition) is 9. The standard InChI is InChI=1S/C25H32FN9O/c1-23(2)12-16(13-24(3,4)34(23)5)28-20-18(26)14-27-22(30-20)29-15-7-8-19-17(11-15)21-31-32-33-35(21)25(36-19)9-6-10-25/h7-8,11,14,16H,6,9-10,12-13H2,1-5H3,(H2,27,28,29,30). The van der Waals surface area contributed by atoms with Crippen LogP contribution in [0, 0.1) is 5.82 Å². The lowest BCUT2D eigenvalue weighted by Gasteiger charge is -2.53. The van der Waals surface area contributed by atoms with Crippen molar-refractivity contribution in [1.29, 1.82) is 0 Å². The van der Waals surface area contributed by atoms with Crippen molar-refractivity contribution in [3.05, 3.63) is 30.2 Å². The van der Waals surface area contributed by atoms with Crippen molar-refractivity contribution in [2.24, 2.45) is 0 Å². The Hall–Kier alpha value is -3.34. The molecule has 0 bridgehead atoms. The minimum atomic E-state index is -0.474. The number of nitrogens with zero attached hydrogens (tertiary/aromatic N) is 7. The van der Waals surface area contributed by atoms with E-state index in [0.717, 1.165) is 49.1 Å². The van der Waals surface area contributed by atoms with E-state index in [0.29, 0.717) is 11.8 Å². The predicted octanol–water partition coefficient (Wildman–Crippen LogP) is 4.31. The summed E-state index contributed by atoms with van der Waals surface area (Å²) >= 11 is 0. The first kappa shape index (κ1) is 23.1. The van der Waals surface area contributed by atoms with Gasteiger partial charge in [0.15, 0.2) is 17.5 Å². The van der Waals surface area contributed by atoms with Crippen molar-refractivity contribution in [3.8, 4) is 17.1 Å². The van der Waals surface area contributed by atoms with Gasteiger partial charge < -0.3 is 15.4 Å². The molecule has 3 aromatic rings.